The number of aromatic nitrogens is 4. The highest BCUT2D eigenvalue weighted by Crippen LogP contribution is 2.28. The third kappa shape index (κ3) is 2.15. The van der Waals surface area contributed by atoms with Gasteiger partial charge in [-0.25, -0.2) is 9.97 Å². The van der Waals surface area contributed by atoms with E-state index in [1.165, 1.54) is 4.68 Å². The molecule has 0 bridgehead atoms. The maximum absolute atomic E-state index is 8.73. The van der Waals surface area contributed by atoms with E-state index >= 15 is 0 Å². The summed E-state index contributed by atoms with van der Waals surface area (Å²) < 4.78 is 1.47. The molecule has 2 aromatic rings. The molecule has 2 N–H and O–H groups in total. The number of thiocyanates is 1. The fourth-order valence-corrected chi connectivity index (χ4v) is 2.13. The lowest BCUT2D eigenvalue weighted by molar-refractivity contribution is 0.792. The molecular formula is C11H12N6S. The van der Waals surface area contributed by atoms with Crippen LogP contribution in [0.2, 0.25) is 0 Å². The van der Waals surface area contributed by atoms with Gasteiger partial charge in [-0.1, -0.05) is 0 Å². The van der Waals surface area contributed by atoms with Gasteiger partial charge in [-0.15, -0.1) is 0 Å². The first-order chi connectivity index (χ1) is 8.52. The van der Waals surface area contributed by atoms with E-state index in [0.29, 0.717) is 22.4 Å². The standard InChI is InChI=1S/C11H12N6S/c1-6-4-7(2)15-11(14-6)17-10(13)9(18-5-12)8(3)16-17/h4H,13H2,1-3H3. The zero-order valence-electron chi connectivity index (χ0n) is 10.3. The van der Waals surface area contributed by atoms with Gasteiger partial charge in [0.2, 0.25) is 0 Å². The van der Waals surface area contributed by atoms with Crippen molar-refractivity contribution in [1.29, 1.82) is 5.26 Å². The minimum atomic E-state index is 0.393. The van der Waals surface area contributed by atoms with Crippen molar-refractivity contribution in [2.24, 2.45) is 0 Å². The minimum Gasteiger partial charge on any atom is -0.383 e. The van der Waals surface area contributed by atoms with Crippen LogP contribution in [-0.4, -0.2) is 19.7 Å². The minimum absolute atomic E-state index is 0.393. The molecule has 7 heteroatoms. The van der Waals surface area contributed by atoms with Gasteiger partial charge >= 0.3 is 0 Å². The van der Waals surface area contributed by atoms with E-state index < -0.39 is 0 Å². The van der Waals surface area contributed by atoms with E-state index in [4.69, 9.17) is 11.0 Å². The lowest BCUT2D eigenvalue weighted by atomic mass is 10.4. The van der Waals surface area contributed by atoms with Crippen molar-refractivity contribution in [2.45, 2.75) is 25.7 Å². The van der Waals surface area contributed by atoms with Crippen LogP contribution in [0.1, 0.15) is 17.1 Å². The highest BCUT2D eigenvalue weighted by atomic mass is 32.2. The van der Waals surface area contributed by atoms with E-state index in [-0.39, 0.29) is 0 Å². The highest BCUT2D eigenvalue weighted by molar-refractivity contribution is 8.03. The average molecular weight is 260 g/mol. The van der Waals surface area contributed by atoms with Crippen LogP contribution in [-0.2, 0) is 0 Å². The Bertz CT molecular complexity index is 619. The molecule has 0 fully saturated rings. The summed E-state index contributed by atoms with van der Waals surface area (Å²) >= 11 is 0.994. The number of nitriles is 1. The molecule has 0 aliphatic carbocycles. The fraction of sp³-hybridized carbons (Fsp3) is 0.273. The van der Waals surface area contributed by atoms with Gasteiger partial charge in [0.1, 0.15) is 11.2 Å². The molecule has 2 rings (SSSR count). The summed E-state index contributed by atoms with van der Waals surface area (Å²) in [5.41, 5.74) is 8.36. The Labute approximate surface area is 109 Å². The van der Waals surface area contributed by atoms with Gasteiger partial charge < -0.3 is 5.73 Å². The number of thioether (sulfide) groups is 1. The quantitative estimate of drug-likeness (QED) is 0.653. The Hall–Kier alpha value is -2.07. The van der Waals surface area contributed by atoms with Crippen LogP contribution in [0.15, 0.2) is 11.0 Å². The predicted molar refractivity (Wildman–Crippen MR) is 69.2 cm³/mol. The largest absolute Gasteiger partial charge is 0.383 e. The summed E-state index contributed by atoms with van der Waals surface area (Å²) in [5.74, 6) is 0.821. The second-order valence-corrected chi connectivity index (χ2v) is 4.65. The number of anilines is 1. The lowest BCUT2D eigenvalue weighted by Crippen LogP contribution is -2.08. The maximum Gasteiger partial charge on any atom is 0.252 e. The molecule has 0 saturated heterocycles. The zero-order chi connectivity index (χ0) is 13.3. The van der Waals surface area contributed by atoms with Gasteiger partial charge in [-0.3, -0.25) is 0 Å². The van der Waals surface area contributed by atoms with Crippen molar-refractivity contribution >= 4 is 17.6 Å². The summed E-state index contributed by atoms with van der Waals surface area (Å²) in [6.07, 6.45) is 0. The van der Waals surface area contributed by atoms with Gasteiger partial charge in [0, 0.05) is 11.4 Å². The van der Waals surface area contributed by atoms with E-state index in [9.17, 15) is 0 Å². The molecule has 0 aliphatic heterocycles. The molecule has 0 amide bonds. The molecule has 0 radical (unpaired) electrons. The van der Waals surface area contributed by atoms with Gasteiger partial charge in [-0.05, 0) is 38.6 Å². The fourth-order valence-electron chi connectivity index (χ4n) is 1.66. The smallest absolute Gasteiger partial charge is 0.252 e. The van der Waals surface area contributed by atoms with Gasteiger partial charge in [0.15, 0.2) is 0 Å². The summed E-state index contributed by atoms with van der Waals surface area (Å²) in [7, 11) is 0. The number of nitrogens with zero attached hydrogens (tertiary/aromatic N) is 5. The molecule has 0 saturated carbocycles. The van der Waals surface area contributed by atoms with Gasteiger partial charge in [0.05, 0.1) is 10.6 Å². The predicted octanol–water partition coefficient (Wildman–Crippen LogP) is 1.74. The van der Waals surface area contributed by atoms with Crippen LogP contribution in [0.5, 0.6) is 0 Å². The van der Waals surface area contributed by atoms with Crippen LogP contribution in [0.25, 0.3) is 5.95 Å². The number of hydrogen-bond donors (Lipinski definition) is 1. The third-order valence-electron chi connectivity index (χ3n) is 2.35. The Morgan fingerprint density at radius 3 is 2.44 bits per heavy atom. The zero-order valence-corrected chi connectivity index (χ0v) is 11.1. The molecule has 92 valence electrons. The van der Waals surface area contributed by atoms with Crippen molar-refractivity contribution in [1.82, 2.24) is 19.7 Å². The van der Waals surface area contributed by atoms with Crippen LogP contribution < -0.4 is 5.73 Å². The van der Waals surface area contributed by atoms with E-state index in [2.05, 4.69) is 15.1 Å². The Balaban J connectivity index is 2.58. The van der Waals surface area contributed by atoms with Crippen LogP contribution in [0, 0.1) is 31.4 Å². The monoisotopic (exact) mass is 260 g/mol. The van der Waals surface area contributed by atoms with Crippen LogP contribution >= 0.6 is 11.8 Å². The first kappa shape index (κ1) is 12.4. The molecule has 6 nitrogen and oxygen atoms in total. The molecular weight excluding hydrogens is 248 g/mol. The average Bonchev–Trinajstić information content (AvgIpc) is 2.56. The molecule has 18 heavy (non-hydrogen) atoms. The van der Waals surface area contributed by atoms with Crippen molar-refractivity contribution < 1.29 is 0 Å². The number of nitrogens with two attached hydrogens (primary N) is 1. The molecule has 0 atom stereocenters. The van der Waals surface area contributed by atoms with E-state index in [0.717, 1.165) is 23.1 Å². The topological polar surface area (TPSA) is 93.4 Å². The molecule has 0 aromatic carbocycles. The number of hydrogen-bond acceptors (Lipinski definition) is 6. The van der Waals surface area contributed by atoms with Crippen LogP contribution in [0.4, 0.5) is 5.82 Å². The first-order valence-corrected chi connectivity index (χ1v) is 6.08. The summed E-state index contributed by atoms with van der Waals surface area (Å²) in [4.78, 5) is 9.25. The highest BCUT2D eigenvalue weighted by Gasteiger charge is 2.16. The number of aryl methyl sites for hydroxylation is 3. The van der Waals surface area contributed by atoms with Crippen molar-refractivity contribution in [2.75, 3.05) is 5.73 Å². The third-order valence-corrected chi connectivity index (χ3v) is 3.15. The molecule has 0 spiro atoms. The van der Waals surface area contributed by atoms with Crippen molar-refractivity contribution in [3.63, 3.8) is 0 Å². The maximum atomic E-state index is 8.73. The Kier molecular flexibility index (Phi) is 3.21. The molecule has 2 heterocycles. The van der Waals surface area contributed by atoms with Crippen molar-refractivity contribution in [3.05, 3.63) is 23.1 Å². The number of rotatable bonds is 2. The summed E-state index contributed by atoms with van der Waals surface area (Å²) in [5, 5.41) is 15.0. The van der Waals surface area contributed by atoms with E-state index in [1.807, 2.05) is 25.3 Å². The van der Waals surface area contributed by atoms with Crippen molar-refractivity contribution in [3.8, 4) is 11.3 Å². The molecule has 0 unspecified atom stereocenters. The second-order valence-electron chi connectivity index (χ2n) is 3.86. The first-order valence-electron chi connectivity index (χ1n) is 5.26. The molecule has 0 aliphatic rings. The van der Waals surface area contributed by atoms with Gasteiger partial charge in [-0.2, -0.15) is 15.0 Å². The second kappa shape index (κ2) is 4.66. The Morgan fingerprint density at radius 1 is 1.28 bits per heavy atom. The van der Waals surface area contributed by atoms with Crippen LogP contribution in [0.3, 0.4) is 0 Å². The summed E-state index contributed by atoms with van der Waals surface area (Å²) in [6.45, 7) is 5.57. The molecule has 2 aromatic heterocycles. The van der Waals surface area contributed by atoms with E-state index in [1.54, 1.807) is 6.92 Å². The van der Waals surface area contributed by atoms with Gasteiger partial charge in [0.25, 0.3) is 5.95 Å². The normalized spacial score (nSPS) is 10.3. The Morgan fingerprint density at radius 2 is 1.89 bits per heavy atom. The number of nitrogen functional groups attached to an aromatic ring is 1. The lowest BCUT2D eigenvalue weighted by Gasteiger charge is -2.04. The SMILES string of the molecule is Cc1cc(C)nc(-n2nc(C)c(SC#N)c2N)n1. The summed E-state index contributed by atoms with van der Waals surface area (Å²) in [6, 6.07) is 1.88.